The normalized spacial score (nSPS) is 16.9. The molecule has 3 N–H and O–H groups in total. The van der Waals surface area contributed by atoms with Crippen LogP contribution in [0.2, 0.25) is 5.02 Å². The van der Waals surface area contributed by atoms with E-state index in [0.29, 0.717) is 22.3 Å². The monoisotopic (exact) mass is 312 g/mol. The predicted molar refractivity (Wildman–Crippen MR) is 88.4 cm³/mol. The van der Waals surface area contributed by atoms with Crippen molar-refractivity contribution in [2.75, 3.05) is 5.73 Å². The van der Waals surface area contributed by atoms with Gasteiger partial charge in [-0.1, -0.05) is 43.1 Å². The average molecular weight is 313 g/mol. The molecule has 0 radical (unpaired) electrons. The van der Waals surface area contributed by atoms with Crippen molar-refractivity contribution in [1.29, 1.82) is 5.26 Å². The van der Waals surface area contributed by atoms with Crippen LogP contribution in [0.1, 0.15) is 36.6 Å². The molecule has 0 spiro atoms. The van der Waals surface area contributed by atoms with Gasteiger partial charge in [0, 0.05) is 28.1 Å². The van der Waals surface area contributed by atoms with Crippen molar-refractivity contribution >= 4 is 17.4 Å². The van der Waals surface area contributed by atoms with Crippen LogP contribution in [0.15, 0.2) is 24.3 Å². The first-order valence-electron chi connectivity index (χ1n) is 7.67. The van der Waals surface area contributed by atoms with Crippen LogP contribution in [0.5, 0.6) is 0 Å². The number of pyridine rings is 1. The van der Waals surface area contributed by atoms with Gasteiger partial charge in [-0.2, -0.15) is 5.26 Å². The Bertz CT molecular complexity index is 762. The highest BCUT2D eigenvalue weighted by Gasteiger charge is 2.28. The van der Waals surface area contributed by atoms with Crippen molar-refractivity contribution in [2.45, 2.75) is 32.6 Å². The Kier molecular flexibility index (Phi) is 4.04. The van der Waals surface area contributed by atoms with Crippen molar-refractivity contribution in [2.24, 2.45) is 5.92 Å². The quantitative estimate of drug-likeness (QED) is 0.917. The van der Waals surface area contributed by atoms with E-state index in [1.807, 2.05) is 24.3 Å². The maximum Gasteiger partial charge on any atom is 0.289 e. The molecule has 0 aliphatic heterocycles. The summed E-state index contributed by atoms with van der Waals surface area (Å²) in [5.74, 6) is 1.09. The number of fused-ring (bicyclic) bond motifs is 1. The number of aromatic amines is 1. The molecule has 0 amide bonds. The fourth-order valence-electron chi connectivity index (χ4n) is 3.34. The minimum atomic E-state index is 0.436. The second-order valence-corrected chi connectivity index (χ2v) is 6.26. The molecule has 0 saturated carbocycles. The lowest BCUT2D eigenvalue weighted by atomic mass is 9.80. The minimum absolute atomic E-state index is 0.436. The number of benzene rings is 1. The van der Waals surface area contributed by atoms with Gasteiger partial charge >= 0.3 is 0 Å². The van der Waals surface area contributed by atoms with Crippen molar-refractivity contribution in [1.82, 2.24) is 0 Å². The topological polar surface area (TPSA) is 63.9 Å². The Morgan fingerprint density at radius 2 is 2.18 bits per heavy atom. The van der Waals surface area contributed by atoms with E-state index in [9.17, 15) is 5.26 Å². The van der Waals surface area contributed by atoms with E-state index in [2.05, 4.69) is 18.0 Å². The number of nitrogens with zero attached hydrogens (tertiary/aromatic N) is 1. The van der Waals surface area contributed by atoms with Crippen LogP contribution in [-0.4, -0.2) is 0 Å². The first-order valence-corrected chi connectivity index (χ1v) is 8.05. The van der Waals surface area contributed by atoms with Crippen LogP contribution in [0, 0.1) is 17.2 Å². The summed E-state index contributed by atoms with van der Waals surface area (Å²) in [4.78, 5) is 3.23. The van der Waals surface area contributed by atoms with Crippen LogP contribution in [-0.2, 0) is 12.8 Å². The molecule has 4 heteroatoms. The lowest BCUT2D eigenvalue weighted by Gasteiger charge is -2.25. The molecule has 0 unspecified atom stereocenters. The SMILES string of the molecule is CC[C@H]1CCc2[nH+]c(N)c(C#N)c(-c3ccccc3Cl)c2C1. The zero-order valence-electron chi connectivity index (χ0n) is 12.6. The maximum atomic E-state index is 9.58. The van der Waals surface area contributed by atoms with Crippen molar-refractivity contribution < 1.29 is 4.98 Å². The standard InChI is InChI=1S/C18H18ClN3/c1-2-11-7-8-16-13(9-11)17(14(10-20)18(21)22-16)12-5-3-4-6-15(12)19/h3-6,11H,2,7-9H2,1H3,(H2,21,22)/p+1/t11-/m0/s1. The largest absolute Gasteiger partial charge is 0.289 e. The number of nitriles is 1. The molecule has 1 aliphatic carbocycles. The molecule has 0 bridgehead atoms. The number of H-pyrrole nitrogens is 1. The number of nitrogens with one attached hydrogen (secondary N) is 1. The second-order valence-electron chi connectivity index (χ2n) is 5.85. The highest BCUT2D eigenvalue weighted by Crippen LogP contribution is 2.39. The van der Waals surface area contributed by atoms with Crippen LogP contribution in [0.3, 0.4) is 0 Å². The van der Waals surface area contributed by atoms with Crippen molar-refractivity contribution in [3.63, 3.8) is 0 Å². The second kappa shape index (κ2) is 5.98. The Labute approximate surface area is 135 Å². The van der Waals surface area contributed by atoms with E-state index in [1.165, 1.54) is 5.56 Å². The van der Waals surface area contributed by atoms with E-state index >= 15 is 0 Å². The first-order chi connectivity index (χ1) is 10.7. The van der Waals surface area contributed by atoms with Crippen molar-refractivity contribution in [3.05, 3.63) is 46.1 Å². The lowest BCUT2D eigenvalue weighted by Crippen LogP contribution is -2.27. The van der Waals surface area contributed by atoms with E-state index in [1.54, 1.807) is 0 Å². The molecule has 0 saturated heterocycles. The van der Waals surface area contributed by atoms with E-state index < -0.39 is 0 Å². The number of anilines is 1. The van der Waals surface area contributed by atoms with Gasteiger partial charge < -0.3 is 0 Å². The highest BCUT2D eigenvalue weighted by molar-refractivity contribution is 6.33. The highest BCUT2D eigenvalue weighted by atomic mass is 35.5. The van der Waals surface area contributed by atoms with Crippen LogP contribution < -0.4 is 10.7 Å². The molecular formula is C18H19ClN3+. The summed E-state index contributed by atoms with van der Waals surface area (Å²) in [7, 11) is 0. The summed E-state index contributed by atoms with van der Waals surface area (Å²) in [5, 5.41) is 10.2. The number of hydrogen-bond acceptors (Lipinski definition) is 2. The molecule has 3 rings (SSSR count). The van der Waals surface area contributed by atoms with Crippen molar-refractivity contribution in [3.8, 4) is 17.2 Å². The molecular weight excluding hydrogens is 294 g/mol. The van der Waals surface area contributed by atoms with Gasteiger partial charge in [0.05, 0.1) is 0 Å². The summed E-state index contributed by atoms with van der Waals surface area (Å²) >= 11 is 6.39. The third kappa shape index (κ3) is 2.44. The van der Waals surface area contributed by atoms with Gasteiger partial charge in [-0.05, 0) is 24.8 Å². The van der Waals surface area contributed by atoms with Gasteiger partial charge in [0.25, 0.3) is 5.82 Å². The Hall–Kier alpha value is -2.05. The fourth-order valence-corrected chi connectivity index (χ4v) is 3.57. The molecule has 1 heterocycles. The summed E-state index contributed by atoms with van der Waals surface area (Å²) in [6.07, 6.45) is 4.25. The Balaban J connectivity index is 2.30. The third-order valence-electron chi connectivity index (χ3n) is 4.60. The number of nitrogens with two attached hydrogens (primary N) is 1. The maximum absolute atomic E-state index is 9.58. The fraction of sp³-hybridized carbons (Fsp3) is 0.333. The Morgan fingerprint density at radius 3 is 2.86 bits per heavy atom. The summed E-state index contributed by atoms with van der Waals surface area (Å²) in [6, 6.07) is 9.93. The van der Waals surface area contributed by atoms with E-state index in [4.69, 9.17) is 17.3 Å². The molecule has 1 atom stereocenters. The lowest BCUT2D eigenvalue weighted by molar-refractivity contribution is -0.375. The van der Waals surface area contributed by atoms with Gasteiger partial charge in [-0.15, -0.1) is 0 Å². The third-order valence-corrected chi connectivity index (χ3v) is 4.93. The molecule has 2 aromatic rings. The van der Waals surface area contributed by atoms with Gasteiger partial charge in [0.15, 0.2) is 0 Å². The molecule has 1 aromatic heterocycles. The smallest absolute Gasteiger partial charge is 0.286 e. The van der Waals surface area contributed by atoms with Gasteiger partial charge in [0.1, 0.15) is 17.3 Å². The molecule has 3 nitrogen and oxygen atoms in total. The summed E-state index contributed by atoms with van der Waals surface area (Å²) in [6.45, 7) is 2.22. The summed E-state index contributed by atoms with van der Waals surface area (Å²) < 4.78 is 0. The molecule has 22 heavy (non-hydrogen) atoms. The molecule has 0 fully saturated rings. The zero-order valence-corrected chi connectivity index (χ0v) is 13.4. The number of aromatic nitrogens is 1. The minimum Gasteiger partial charge on any atom is -0.286 e. The first kappa shape index (κ1) is 14.9. The Morgan fingerprint density at radius 1 is 1.41 bits per heavy atom. The molecule has 112 valence electrons. The van der Waals surface area contributed by atoms with Crippen LogP contribution in [0.25, 0.3) is 11.1 Å². The van der Waals surface area contributed by atoms with Crippen LogP contribution in [0.4, 0.5) is 5.82 Å². The van der Waals surface area contributed by atoms with E-state index in [0.717, 1.165) is 42.5 Å². The van der Waals surface area contributed by atoms with Gasteiger partial charge in [0.2, 0.25) is 0 Å². The summed E-state index contributed by atoms with van der Waals surface area (Å²) in [5.41, 5.74) is 10.8. The predicted octanol–water partition coefficient (Wildman–Crippen LogP) is 3.79. The van der Waals surface area contributed by atoms with Gasteiger partial charge in [-0.25, -0.2) is 4.98 Å². The van der Waals surface area contributed by atoms with Gasteiger partial charge in [-0.3, -0.25) is 5.73 Å². The number of hydrogen-bond donors (Lipinski definition) is 1. The average Bonchev–Trinajstić information content (AvgIpc) is 2.54. The molecule has 1 aromatic carbocycles. The number of aryl methyl sites for hydroxylation is 1. The number of rotatable bonds is 2. The molecule has 1 aliphatic rings. The zero-order chi connectivity index (χ0) is 15.7. The number of halogens is 1. The number of nitrogen functional groups attached to an aromatic ring is 1. The van der Waals surface area contributed by atoms with E-state index in [-0.39, 0.29) is 0 Å². The van der Waals surface area contributed by atoms with Crippen LogP contribution >= 0.6 is 11.6 Å².